The predicted molar refractivity (Wildman–Crippen MR) is 114 cm³/mol. The van der Waals surface area contributed by atoms with Gasteiger partial charge in [-0.1, -0.05) is 0 Å². The fourth-order valence-electron chi connectivity index (χ4n) is 2.86. The van der Waals surface area contributed by atoms with Crippen molar-refractivity contribution >= 4 is 23.5 Å². The van der Waals surface area contributed by atoms with Crippen LogP contribution in [0.5, 0.6) is 0 Å². The average Bonchev–Trinajstić information content (AvgIpc) is 2.66. The molecule has 0 aliphatic carbocycles. The fraction of sp³-hybridized carbons (Fsp3) is 0.684. The third-order valence-electron chi connectivity index (χ3n) is 4.47. The van der Waals surface area contributed by atoms with Crippen molar-refractivity contribution in [3.05, 3.63) is 23.9 Å². The lowest BCUT2D eigenvalue weighted by Crippen LogP contribution is -2.44. The van der Waals surface area contributed by atoms with Crippen LogP contribution in [0.15, 0.2) is 23.3 Å². The number of piperazine rings is 1. The van der Waals surface area contributed by atoms with Crippen LogP contribution in [0, 0.1) is 0 Å². The van der Waals surface area contributed by atoms with Crippen molar-refractivity contribution in [2.75, 3.05) is 63.2 Å². The first-order valence-corrected chi connectivity index (χ1v) is 11.0. The minimum absolute atomic E-state index is 0.670. The lowest BCUT2D eigenvalue weighted by atomic mass is 10.2. The summed E-state index contributed by atoms with van der Waals surface area (Å²) in [5.74, 6) is 3.19. The predicted octanol–water partition coefficient (Wildman–Crippen LogP) is 2.03. The Morgan fingerprint density at radius 2 is 2.04 bits per heavy atom. The molecule has 1 fully saturated rings. The van der Waals surface area contributed by atoms with Crippen LogP contribution in [-0.2, 0) is 6.54 Å². The Hall–Kier alpha value is -1.47. The van der Waals surface area contributed by atoms with Gasteiger partial charge in [-0.15, -0.1) is 0 Å². The van der Waals surface area contributed by atoms with E-state index in [1.54, 1.807) is 0 Å². The zero-order valence-electron chi connectivity index (χ0n) is 16.5. The number of hydrogen-bond donors (Lipinski definition) is 2. The Morgan fingerprint density at radius 3 is 2.77 bits per heavy atom. The topological polar surface area (TPSA) is 55.8 Å². The number of aromatic nitrogens is 1. The maximum absolute atomic E-state index is 4.73. The molecular weight excluding hydrogens is 344 g/mol. The van der Waals surface area contributed by atoms with Crippen LogP contribution < -0.4 is 15.5 Å². The first kappa shape index (κ1) is 20.8. The summed E-state index contributed by atoms with van der Waals surface area (Å²) in [6.45, 7) is 8.87. The van der Waals surface area contributed by atoms with E-state index in [-0.39, 0.29) is 0 Å². The van der Waals surface area contributed by atoms with E-state index in [1.165, 1.54) is 24.2 Å². The summed E-state index contributed by atoms with van der Waals surface area (Å²) in [6.07, 6.45) is 6.48. The van der Waals surface area contributed by atoms with Crippen LogP contribution in [0.25, 0.3) is 0 Å². The van der Waals surface area contributed by atoms with E-state index in [9.17, 15) is 0 Å². The molecule has 0 radical (unpaired) electrons. The number of hydrogen-bond acceptors (Lipinski definition) is 5. The van der Waals surface area contributed by atoms with Gasteiger partial charge in [-0.3, -0.25) is 0 Å². The number of pyridine rings is 1. The first-order chi connectivity index (χ1) is 12.7. The quantitative estimate of drug-likeness (QED) is 0.390. The largest absolute Gasteiger partial charge is 0.357 e. The van der Waals surface area contributed by atoms with E-state index in [1.807, 2.05) is 18.0 Å². The summed E-state index contributed by atoms with van der Waals surface area (Å²) in [5, 5.41) is 6.76. The summed E-state index contributed by atoms with van der Waals surface area (Å²) in [6, 6.07) is 4.24. The summed E-state index contributed by atoms with van der Waals surface area (Å²) in [4.78, 5) is 14.0. The van der Waals surface area contributed by atoms with Crippen molar-refractivity contribution in [1.29, 1.82) is 0 Å². The monoisotopic (exact) mass is 378 g/mol. The summed E-state index contributed by atoms with van der Waals surface area (Å²) in [7, 11) is 2.17. The molecule has 1 aromatic heterocycles. The lowest BCUT2D eigenvalue weighted by Gasteiger charge is -2.33. The Bertz CT molecular complexity index is 543. The second kappa shape index (κ2) is 12.0. The number of rotatable bonds is 9. The van der Waals surface area contributed by atoms with Gasteiger partial charge in [0.05, 0.1) is 6.54 Å². The molecule has 0 unspecified atom stereocenters. The molecule has 0 amide bonds. The van der Waals surface area contributed by atoms with Crippen molar-refractivity contribution < 1.29 is 0 Å². The number of nitrogens with zero attached hydrogens (tertiary/aromatic N) is 4. The highest BCUT2D eigenvalue weighted by Gasteiger charge is 2.15. The van der Waals surface area contributed by atoms with Crippen LogP contribution in [0.4, 0.5) is 5.82 Å². The van der Waals surface area contributed by atoms with Crippen LogP contribution >= 0.6 is 11.8 Å². The number of nitrogens with one attached hydrogen (secondary N) is 2. The van der Waals surface area contributed by atoms with Crippen LogP contribution in [-0.4, -0.2) is 74.2 Å². The van der Waals surface area contributed by atoms with Gasteiger partial charge >= 0.3 is 0 Å². The lowest BCUT2D eigenvalue weighted by molar-refractivity contribution is 0.312. The maximum Gasteiger partial charge on any atom is 0.191 e. The molecule has 1 aliphatic rings. The molecule has 2 rings (SSSR count). The highest BCUT2D eigenvalue weighted by Crippen LogP contribution is 2.15. The smallest absolute Gasteiger partial charge is 0.191 e. The van der Waals surface area contributed by atoms with Crippen LogP contribution in [0.3, 0.4) is 0 Å². The summed E-state index contributed by atoms with van der Waals surface area (Å²) < 4.78 is 0. The molecule has 0 aromatic carbocycles. The highest BCUT2D eigenvalue weighted by molar-refractivity contribution is 7.98. The molecule has 7 heteroatoms. The van der Waals surface area contributed by atoms with Gasteiger partial charge in [-0.2, -0.15) is 11.8 Å². The summed E-state index contributed by atoms with van der Waals surface area (Å²) >= 11 is 1.91. The van der Waals surface area contributed by atoms with Gasteiger partial charge in [0, 0.05) is 45.5 Å². The van der Waals surface area contributed by atoms with E-state index in [0.29, 0.717) is 6.54 Å². The zero-order valence-corrected chi connectivity index (χ0v) is 17.3. The van der Waals surface area contributed by atoms with Gasteiger partial charge in [0.25, 0.3) is 0 Å². The molecular formula is C19H34N6S. The number of guanidine groups is 1. The second-order valence-corrected chi connectivity index (χ2v) is 7.62. The third kappa shape index (κ3) is 7.41. The molecule has 0 saturated carbocycles. The van der Waals surface area contributed by atoms with Crippen molar-refractivity contribution in [3.63, 3.8) is 0 Å². The minimum Gasteiger partial charge on any atom is -0.357 e. The van der Waals surface area contributed by atoms with Crippen molar-refractivity contribution in [3.8, 4) is 0 Å². The summed E-state index contributed by atoms with van der Waals surface area (Å²) in [5.41, 5.74) is 1.20. The molecule has 0 atom stereocenters. The van der Waals surface area contributed by atoms with Gasteiger partial charge in [-0.05, 0) is 56.5 Å². The average molecular weight is 379 g/mol. The Kier molecular flexibility index (Phi) is 9.63. The van der Waals surface area contributed by atoms with Gasteiger partial charge < -0.3 is 20.4 Å². The molecule has 0 bridgehead atoms. The molecule has 26 heavy (non-hydrogen) atoms. The molecule has 1 aromatic rings. The number of unbranched alkanes of at least 4 members (excludes halogenated alkanes) is 1. The number of thioether (sulfide) groups is 1. The van der Waals surface area contributed by atoms with Crippen molar-refractivity contribution in [1.82, 2.24) is 20.5 Å². The van der Waals surface area contributed by atoms with E-state index < -0.39 is 0 Å². The Morgan fingerprint density at radius 1 is 1.23 bits per heavy atom. The third-order valence-corrected chi connectivity index (χ3v) is 5.17. The van der Waals surface area contributed by atoms with E-state index in [4.69, 9.17) is 4.99 Å². The minimum atomic E-state index is 0.670. The Balaban J connectivity index is 1.88. The zero-order chi connectivity index (χ0) is 18.6. The number of aliphatic imine (C=N–C) groups is 1. The second-order valence-electron chi connectivity index (χ2n) is 6.63. The molecule has 1 aliphatic heterocycles. The number of likely N-dealkylation sites (N-methyl/N-ethyl adjacent to an activating group) is 1. The molecule has 1 saturated heterocycles. The molecule has 2 heterocycles. The Labute approximate surface area is 162 Å². The van der Waals surface area contributed by atoms with Crippen molar-refractivity contribution in [2.45, 2.75) is 26.3 Å². The van der Waals surface area contributed by atoms with Crippen LogP contribution in [0.1, 0.15) is 25.3 Å². The highest BCUT2D eigenvalue weighted by atomic mass is 32.2. The van der Waals surface area contributed by atoms with E-state index >= 15 is 0 Å². The molecule has 146 valence electrons. The molecule has 6 nitrogen and oxygen atoms in total. The number of anilines is 1. The molecule has 0 spiro atoms. The molecule has 2 N–H and O–H groups in total. The van der Waals surface area contributed by atoms with Gasteiger partial charge in [0.1, 0.15) is 5.82 Å². The van der Waals surface area contributed by atoms with Gasteiger partial charge in [0.2, 0.25) is 0 Å². The van der Waals surface area contributed by atoms with Gasteiger partial charge in [-0.25, -0.2) is 9.98 Å². The SMILES string of the molecule is CCNC(=NCc1ccnc(N2CCN(C)CC2)c1)NCCCCSC. The van der Waals surface area contributed by atoms with Crippen LogP contribution in [0.2, 0.25) is 0 Å². The normalized spacial score (nSPS) is 16.0. The standard InChI is InChI=1S/C19H34N6S/c1-4-20-19(22-8-5-6-14-26-3)23-16-17-7-9-21-18(15-17)25-12-10-24(2)11-13-25/h7,9,15H,4-6,8,10-14,16H2,1-3H3,(H2,20,22,23). The van der Waals surface area contributed by atoms with E-state index in [0.717, 1.165) is 51.0 Å². The van der Waals surface area contributed by atoms with E-state index in [2.05, 4.69) is 57.8 Å². The maximum atomic E-state index is 4.73. The van der Waals surface area contributed by atoms with Gasteiger partial charge in [0.15, 0.2) is 5.96 Å². The van der Waals surface area contributed by atoms with Crippen molar-refractivity contribution in [2.24, 2.45) is 4.99 Å². The first-order valence-electron chi connectivity index (χ1n) is 9.62. The fourth-order valence-corrected chi connectivity index (χ4v) is 3.35.